The Bertz CT molecular complexity index is 526. The molecule has 7 heteroatoms. The maximum atomic E-state index is 12.0. The zero-order valence-corrected chi connectivity index (χ0v) is 14.5. The second-order valence-corrected chi connectivity index (χ2v) is 7.14. The van der Waals surface area contributed by atoms with Crippen LogP contribution in [-0.4, -0.2) is 28.8 Å². The van der Waals surface area contributed by atoms with E-state index >= 15 is 0 Å². The van der Waals surface area contributed by atoms with Crippen molar-refractivity contribution in [1.29, 1.82) is 0 Å². The maximum Gasteiger partial charge on any atom is 0.268 e. The number of hydrogen-bond acceptors (Lipinski definition) is 5. The Morgan fingerprint density at radius 1 is 1.39 bits per heavy atom. The van der Waals surface area contributed by atoms with Crippen LogP contribution in [0.25, 0.3) is 0 Å². The lowest BCUT2D eigenvalue weighted by molar-refractivity contribution is -0.121. The highest BCUT2D eigenvalue weighted by molar-refractivity contribution is 7.10. The van der Waals surface area contributed by atoms with Gasteiger partial charge in [0.25, 0.3) is 5.91 Å². The smallest absolute Gasteiger partial charge is 0.268 e. The molecule has 1 aliphatic carbocycles. The Morgan fingerprint density at radius 2 is 2.13 bits per heavy atom. The van der Waals surface area contributed by atoms with Crippen molar-refractivity contribution in [2.75, 3.05) is 11.9 Å². The molecule has 6 nitrogen and oxygen atoms in total. The average molecular weight is 338 g/mol. The van der Waals surface area contributed by atoms with Crippen molar-refractivity contribution < 1.29 is 9.59 Å². The lowest BCUT2D eigenvalue weighted by atomic mass is 9.86. The molecule has 0 bridgehead atoms. The van der Waals surface area contributed by atoms with Crippen LogP contribution in [0.2, 0.25) is 0 Å². The summed E-state index contributed by atoms with van der Waals surface area (Å²) in [5, 5.41) is 6.95. The molecule has 1 atom stereocenters. The second-order valence-electron chi connectivity index (χ2n) is 6.33. The van der Waals surface area contributed by atoms with Gasteiger partial charge in [-0.2, -0.15) is 4.37 Å². The van der Waals surface area contributed by atoms with Crippen molar-refractivity contribution >= 4 is 28.3 Å². The Hall–Kier alpha value is -1.63. The number of carbonyl (C=O) groups excluding carboxylic acids is 2. The number of nitrogens with zero attached hydrogens (tertiary/aromatic N) is 1. The van der Waals surface area contributed by atoms with Crippen molar-refractivity contribution in [3.05, 3.63) is 11.8 Å². The Labute approximate surface area is 141 Å². The number of hydrogen-bond donors (Lipinski definition) is 3. The van der Waals surface area contributed by atoms with Gasteiger partial charge in [-0.25, -0.2) is 0 Å². The molecule has 2 rings (SSSR count). The van der Waals surface area contributed by atoms with Crippen LogP contribution in [0, 0.1) is 5.92 Å². The van der Waals surface area contributed by atoms with E-state index in [1.807, 2.05) is 6.92 Å². The largest absolute Gasteiger partial charge is 0.374 e. The molecule has 128 valence electrons. The quantitative estimate of drug-likeness (QED) is 0.678. The summed E-state index contributed by atoms with van der Waals surface area (Å²) in [4.78, 5) is 23.0. The number of rotatable bonds is 8. The summed E-state index contributed by atoms with van der Waals surface area (Å²) >= 11 is 1.19. The summed E-state index contributed by atoms with van der Waals surface area (Å²) < 4.78 is 3.95. The van der Waals surface area contributed by atoms with Crippen LogP contribution < -0.4 is 16.4 Å². The zero-order chi connectivity index (χ0) is 16.7. The van der Waals surface area contributed by atoms with Crippen molar-refractivity contribution in [3.8, 4) is 0 Å². The first-order chi connectivity index (χ1) is 11.0. The molecule has 1 aliphatic rings. The summed E-state index contributed by atoms with van der Waals surface area (Å²) in [7, 11) is 0. The van der Waals surface area contributed by atoms with Crippen LogP contribution in [-0.2, 0) is 4.79 Å². The molecule has 23 heavy (non-hydrogen) atoms. The molecule has 1 heterocycles. The minimum Gasteiger partial charge on any atom is -0.374 e. The van der Waals surface area contributed by atoms with E-state index in [0.717, 1.165) is 17.3 Å². The summed E-state index contributed by atoms with van der Waals surface area (Å²) in [6.45, 7) is 2.55. The fourth-order valence-corrected chi connectivity index (χ4v) is 3.59. The number of amides is 2. The van der Waals surface area contributed by atoms with Gasteiger partial charge in [0.05, 0.1) is 0 Å². The fourth-order valence-electron chi connectivity index (χ4n) is 2.94. The Kier molecular flexibility index (Phi) is 6.83. The standard InChI is InChI=1S/C16H26N4O2S/c1-11(10-18-15-9-13(16(17)22)20-23-15)19-14(21)8-7-12-5-3-2-4-6-12/h9,11-12,18H,2-8,10H2,1H3,(H2,17,22)(H,19,21)/t11-/m0/s1. The summed E-state index contributed by atoms with van der Waals surface area (Å²) in [5.74, 6) is 0.317. The third-order valence-electron chi connectivity index (χ3n) is 4.26. The highest BCUT2D eigenvalue weighted by Crippen LogP contribution is 2.27. The van der Waals surface area contributed by atoms with E-state index < -0.39 is 5.91 Å². The number of anilines is 1. The van der Waals surface area contributed by atoms with E-state index in [1.165, 1.54) is 43.6 Å². The topological polar surface area (TPSA) is 97.1 Å². The van der Waals surface area contributed by atoms with Gasteiger partial charge >= 0.3 is 0 Å². The molecule has 0 aliphatic heterocycles. The van der Waals surface area contributed by atoms with E-state index in [2.05, 4.69) is 15.0 Å². The predicted octanol–water partition coefficient (Wildman–Crippen LogP) is 2.52. The van der Waals surface area contributed by atoms with Crippen LogP contribution >= 0.6 is 11.5 Å². The van der Waals surface area contributed by atoms with Crippen LogP contribution in [0.5, 0.6) is 0 Å². The Morgan fingerprint density at radius 3 is 2.78 bits per heavy atom. The monoisotopic (exact) mass is 338 g/mol. The number of aromatic nitrogens is 1. The van der Waals surface area contributed by atoms with E-state index in [1.54, 1.807) is 6.07 Å². The highest BCUT2D eigenvalue weighted by Gasteiger charge is 2.15. The number of nitrogens with two attached hydrogens (primary N) is 1. The first kappa shape index (κ1) is 17.7. The van der Waals surface area contributed by atoms with Gasteiger partial charge < -0.3 is 16.4 Å². The molecule has 1 fully saturated rings. The molecule has 1 saturated carbocycles. The summed E-state index contributed by atoms with van der Waals surface area (Å²) in [5.41, 5.74) is 5.43. The highest BCUT2D eigenvalue weighted by atomic mass is 32.1. The van der Waals surface area contributed by atoms with Gasteiger partial charge in [0.1, 0.15) is 10.7 Å². The predicted molar refractivity (Wildman–Crippen MR) is 92.5 cm³/mol. The molecule has 2 amide bonds. The maximum absolute atomic E-state index is 12.0. The third kappa shape index (κ3) is 6.17. The normalized spacial score (nSPS) is 16.7. The first-order valence-electron chi connectivity index (χ1n) is 8.34. The van der Waals surface area contributed by atoms with E-state index in [0.29, 0.717) is 13.0 Å². The van der Waals surface area contributed by atoms with Crippen molar-refractivity contribution in [1.82, 2.24) is 9.69 Å². The van der Waals surface area contributed by atoms with Crippen molar-refractivity contribution in [3.63, 3.8) is 0 Å². The molecule has 0 saturated heterocycles. The molecule has 1 aromatic heterocycles. The van der Waals surface area contributed by atoms with Crippen LogP contribution in [0.4, 0.5) is 5.00 Å². The minimum atomic E-state index is -0.529. The molecule has 0 unspecified atom stereocenters. The number of carbonyl (C=O) groups is 2. The average Bonchev–Trinajstić information content (AvgIpc) is 3.01. The summed E-state index contributed by atoms with van der Waals surface area (Å²) in [6, 6.07) is 1.65. The van der Waals surface area contributed by atoms with Crippen molar-refractivity contribution in [2.24, 2.45) is 11.7 Å². The van der Waals surface area contributed by atoms with Gasteiger partial charge in [-0.15, -0.1) is 0 Å². The summed E-state index contributed by atoms with van der Waals surface area (Å²) in [6.07, 6.45) is 8.14. The van der Waals surface area contributed by atoms with Gasteiger partial charge in [-0.1, -0.05) is 32.1 Å². The van der Waals surface area contributed by atoms with E-state index in [4.69, 9.17) is 5.73 Å². The minimum absolute atomic E-state index is 0.0213. The SMILES string of the molecule is C[C@@H](CNc1cc(C(N)=O)ns1)NC(=O)CCC1CCCCC1. The second kappa shape index (κ2) is 8.86. The van der Waals surface area contributed by atoms with Gasteiger partial charge in [0, 0.05) is 25.1 Å². The molecule has 0 spiro atoms. The molecule has 0 radical (unpaired) electrons. The molecule has 1 aromatic rings. The molecule has 4 N–H and O–H groups in total. The molecule has 0 aromatic carbocycles. The van der Waals surface area contributed by atoms with Crippen LogP contribution in [0.15, 0.2) is 6.07 Å². The van der Waals surface area contributed by atoms with E-state index in [-0.39, 0.29) is 17.6 Å². The van der Waals surface area contributed by atoms with Gasteiger partial charge in [-0.3, -0.25) is 9.59 Å². The molecular weight excluding hydrogens is 312 g/mol. The van der Waals surface area contributed by atoms with Crippen LogP contribution in [0.1, 0.15) is 62.4 Å². The lowest BCUT2D eigenvalue weighted by Crippen LogP contribution is -2.37. The van der Waals surface area contributed by atoms with Gasteiger partial charge in [-0.05, 0) is 30.8 Å². The third-order valence-corrected chi connectivity index (χ3v) is 5.00. The van der Waals surface area contributed by atoms with Crippen molar-refractivity contribution in [2.45, 2.75) is 57.9 Å². The van der Waals surface area contributed by atoms with Gasteiger partial charge in [0.15, 0.2) is 0 Å². The van der Waals surface area contributed by atoms with Gasteiger partial charge in [0.2, 0.25) is 5.91 Å². The molecular formula is C16H26N4O2S. The number of primary amides is 1. The Balaban J connectivity index is 1.63. The number of nitrogens with one attached hydrogen (secondary N) is 2. The zero-order valence-electron chi connectivity index (χ0n) is 13.6. The fraction of sp³-hybridized carbons (Fsp3) is 0.688. The first-order valence-corrected chi connectivity index (χ1v) is 9.11. The van der Waals surface area contributed by atoms with E-state index in [9.17, 15) is 9.59 Å². The van der Waals surface area contributed by atoms with Crippen LogP contribution in [0.3, 0.4) is 0 Å². The lowest BCUT2D eigenvalue weighted by Gasteiger charge is -2.21.